The Hall–Kier alpha value is -0.715. The summed E-state index contributed by atoms with van der Waals surface area (Å²) in [6.45, 7) is 4.26. The average molecular weight is 131 g/mol. The van der Waals surface area contributed by atoms with E-state index in [4.69, 9.17) is 0 Å². The molecular formula is C9H12B. The van der Waals surface area contributed by atoms with Crippen LogP contribution in [0.3, 0.4) is 0 Å². The van der Waals surface area contributed by atoms with Crippen molar-refractivity contribution in [2.75, 3.05) is 0 Å². The topological polar surface area (TPSA) is 0 Å². The molecule has 0 bridgehead atoms. The van der Waals surface area contributed by atoms with Crippen molar-refractivity contribution >= 4 is 12.7 Å². The maximum atomic E-state index is 2.22. The van der Waals surface area contributed by atoms with Crippen LogP contribution in [0.2, 0.25) is 6.32 Å². The summed E-state index contributed by atoms with van der Waals surface area (Å²) in [5.74, 6) is 0. The van der Waals surface area contributed by atoms with Gasteiger partial charge in [-0.15, -0.1) is 0 Å². The van der Waals surface area contributed by atoms with Crippen LogP contribution in [0.25, 0.3) is 0 Å². The lowest BCUT2D eigenvalue weighted by Crippen LogP contribution is -2.11. The summed E-state index contributed by atoms with van der Waals surface area (Å²) in [6.07, 6.45) is 1.11. The Kier molecular flexibility index (Phi) is 2.55. The standard InChI is InChI=1S/C9H12B/c1-3-10-9-6-4-8(2)5-7-9/h4-7H,3H2,1-2H3. The van der Waals surface area contributed by atoms with Crippen molar-refractivity contribution in [2.24, 2.45) is 0 Å². The summed E-state index contributed by atoms with van der Waals surface area (Å²) in [5.41, 5.74) is 2.65. The number of hydrogen-bond acceptors (Lipinski definition) is 0. The van der Waals surface area contributed by atoms with Gasteiger partial charge in [0, 0.05) is 0 Å². The zero-order valence-electron chi connectivity index (χ0n) is 6.59. The van der Waals surface area contributed by atoms with Gasteiger partial charge in [-0.3, -0.25) is 0 Å². The summed E-state index contributed by atoms with van der Waals surface area (Å²) in [6, 6.07) is 8.58. The Balaban J connectivity index is 2.69. The molecule has 0 aliphatic rings. The van der Waals surface area contributed by atoms with Crippen molar-refractivity contribution in [3.63, 3.8) is 0 Å². The second kappa shape index (κ2) is 3.45. The summed E-state index contributed by atoms with van der Waals surface area (Å²) < 4.78 is 0. The van der Waals surface area contributed by atoms with E-state index in [1.807, 2.05) is 0 Å². The van der Waals surface area contributed by atoms with E-state index < -0.39 is 0 Å². The molecule has 51 valence electrons. The van der Waals surface area contributed by atoms with Gasteiger partial charge < -0.3 is 0 Å². The highest BCUT2D eigenvalue weighted by atomic mass is 13.8. The Morgan fingerprint density at radius 1 is 1.20 bits per heavy atom. The molecular weight excluding hydrogens is 119 g/mol. The molecule has 1 rings (SSSR count). The van der Waals surface area contributed by atoms with Gasteiger partial charge in [0.25, 0.3) is 0 Å². The van der Waals surface area contributed by atoms with Crippen LogP contribution in [0.4, 0.5) is 0 Å². The molecule has 0 aliphatic heterocycles. The minimum Gasteiger partial charge on any atom is -0.0878 e. The van der Waals surface area contributed by atoms with Crippen LogP contribution in [0.1, 0.15) is 12.5 Å². The molecule has 1 heteroatoms. The van der Waals surface area contributed by atoms with Crippen LogP contribution in [0, 0.1) is 6.92 Å². The van der Waals surface area contributed by atoms with E-state index in [0.717, 1.165) is 6.32 Å². The third-order valence-corrected chi connectivity index (χ3v) is 1.52. The fraction of sp³-hybridized carbons (Fsp3) is 0.333. The predicted molar refractivity (Wildman–Crippen MR) is 47.0 cm³/mol. The van der Waals surface area contributed by atoms with Crippen molar-refractivity contribution in [1.29, 1.82) is 0 Å². The molecule has 0 spiro atoms. The van der Waals surface area contributed by atoms with E-state index in [-0.39, 0.29) is 0 Å². The zero-order chi connectivity index (χ0) is 7.40. The highest BCUT2D eigenvalue weighted by molar-refractivity contribution is 6.53. The monoisotopic (exact) mass is 131 g/mol. The van der Waals surface area contributed by atoms with Gasteiger partial charge in [0.2, 0.25) is 0 Å². The van der Waals surface area contributed by atoms with E-state index in [2.05, 4.69) is 45.4 Å². The molecule has 0 aliphatic carbocycles. The van der Waals surface area contributed by atoms with E-state index in [0.29, 0.717) is 0 Å². The Morgan fingerprint density at radius 2 is 1.80 bits per heavy atom. The molecule has 0 nitrogen and oxygen atoms in total. The second-order valence-corrected chi connectivity index (χ2v) is 2.52. The first-order valence-corrected chi connectivity index (χ1v) is 3.73. The van der Waals surface area contributed by atoms with Crippen LogP contribution in [-0.4, -0.2) is 7.28 Å². The smallest absolute Gasteiger partial charge is 0.0878 e. The fourth-order valence-corrected chi connectivity index (χ4v) is 0.938. The number of aryl methyl sites for hydroxylation is 1. The van der Waals surface area contributed by atoms with Gasteiger partial charge in [-0.1, -0.05) is 48.5 Å². The van der Waals surface area contributed by atoms with Gasteiger partial charge in [0.15, 0.2) is 7.28 Å². The highest BCUT2D eigenvalue weighted by Crippen LogP contribution is 1.92. The summed E-state index contributed by atoms with van der Waals surface area (Å²) >= 11 is 0. The van der Waals surface area contributed by atoms with E-state index in [1.54, 1.807) is 0 Å². The van der Waals surface area contributed by atoms with Gasteiger partial charge in [-0.2, -0.15) is 0 Å². The van der Waals surface area contributed by atoms with Crippen LogP contribution >= 0.6 is 0 Å². The molecule has 0 amide bonds. The molecule has 0 saturated carbocycles. The molecule has 0 unspecified atom stereocenters. The predicted octanol–water partition coefficient (Wildman–Crippen LogP) is 1.76. The maximum Gasteiger partial charge on any atom is 0.151 e. The number of rotatable bonds is 2. The molecule has 1 radical (unpaired) electrons. The van der Waals surface area contributed by atoms with Crippen molar-refractivity contribution in [3.05, 3.63) is 29.8 Å². The lowest BCUT2D eigenvalue weighted by Gasteiger charge is -1.96. The average Bonchev–Trinajstić information content (AvgIpc) is 1.95. The lowest BCUT2D eigenvalue weighted by atomic mass is 9.68. The second-order valence-electron chi connectivity index (χ2n) is 2.52. The molecule has 0 heterocycles. The first-order valence-electron chi connectivity index (χ1n) is 3.73. The zero-order valence-corrected chi connectivity index (χ0v) is 6.59. The summed E-state index contributed by atoms with van der Waals surface area (Å²) in [7, 11) is 2.22. The fourth-order valence-electron chi connectivity index (χ4n) is 0.938. The number of hydrogen-bond donors (Lipinski definition) is 0. The van der Waals surface area contributed by atoms with E-state index in [9.17, 15) is 0 Å². The normalized spacial score (nSPS) is 9.40. The molecule has 10 heavy (non-hydrogen) atoms. The van der Waals surface area contributed by atoms with Crippen molar-refractivity contribution in [1.82, 2.24) is 0 Å². The Labute approximate surface area is 63.5 Å². The first kappa shape index (κ1) is 7.39. The quantitative estimate of drug-likeness (QED) is 0.536. The van der Waals surface area contributed by atoms with Crippen LogP contribution < -0.4 is 5.46 Å². The largest absolute Gasteiger partial charge is 0.151 e. The Morgan fingerprint density at radius 3 is 2.30 bits per heavy atom. The highest BCUT2D eigenvalue weighted by Gasteiger charge is 1.90. The maximum absolute atomic E-state index is 2.22. The molecule has 0 fully saturated rings. The molecule has 1 aromatic carbocycles. The van der Waals surface area contributed by atoms with E-state index in [1.165, 1.54) is 11.0 Å². The van der Waals surface area contributed by atoms with Crippen LogP contribution in [0.15, 0.2) is 24.3 Å². The van der Waals surface area contributed by atoms with Crippen LogP contribution in [0.5, 0.6) is 0 Å². The van der Waals surface area contributed by atoms with Gasteiger partial charge in [0.1, 0.15) is 0 Å². The van der Waals surface area contributed by atoms with Gasteiger partial charge in [-0.05, 0) is 6.92 Å². The van der Waals surface area contributed by atoms with Crippen molar-refractivity contribution < 1.29 is 0 Å². The SMILES string of the molecule is CC[B]c1ccc(C)cc1. The molecule has 0 N–H and O–H groups in total. The minimum absolute atomic E-state index is 1.11. The van der Waals surface area contributed by atoms with Crippen molar-refractivity contribution in [2.45, 2.75) is 20.2 Å². The van der Waals surface area contributed by atoms with Gasteiger partial charge >= 0.3 is 0 Å². The van der Waals surface area contributed by atoms with Crippen LogP contribution in [-0.2, 0) is 0 Å². The Bertz CT molecular complexity index is 188. The molecule has 1 aromatic rings. The molecule has 0 aromatic heterocycles. The summed E-state index contributed by atoms with van der Waals surface area (Å²) in [4.78, 5) is 0. The number of benzene rings is 1. The minimum atomic E-state index is 1.11. The lowest BCUT2D eigenvalue weighted by molar-refractivity contribution is 1.45. The summed E-state index contributed by atoms with van der Waals surface area (Å²) in [5, 5.41) is 0. The van der Waals surface area contributed by atoms with Crippen molar-refractivity contribution in [3.8, 4) is 0 Å². The van der Waals surface area contributed by atoms with E-state index >= 15 is 0 Å². The van der Waals surface area contributed by atoms with Gasteiger partial charge in [-0.25, -0.2) is 0 Å². The first-order chi connectivity index (χ1) is 4.83. The molecule has 0 saturated heterocycles. The van der Waals surface area contributed by atoms with Gasteiger partial charge in [0.05, 0.1) is 0 Å². The molecule has 0 atom stereocenters. The third-order valence-electron chi connectivity index (χ3n) is 1.52. The third kappa shape index (κ3) is 1.91.